The Bertz CT molecular complexity index is 333. The maximum Gasteiger partial charge on any atom is 0.0406 e. The summed E-state index contributed by atoms with van der Waals surface area (Å²) in [6, 6.07) is 8.52. The van der Waals surface area contributed by atoms with Crippen LogP contribution in [0.2, 0.25) is 5.02 Å². The van der Waals surface area contributed by atoms with Gasteiger partial charge in [-0.1, -0.05) is 56.8 Å². The van der Waals surface area contributed by atoms with Crippen LogP contribution in [0, 0.1) is 11.8 Å². The Kier molecular flexibility index (Phi) is 4.50. The Labute approximate surface area is 110 Å². The summed E-state index contributed by atoms with van der Waals surface area (Å²) in [6.45, 7) is 4.71. The predicted octanol–water partition coefficient (Wildman–Crippen LogP) is 5.66. The molecule has 0 aromatic heterocycles. The second kappa shape index (κ2) is 5.91. The van der Waals surface area contributed by atoms with Crippen LogP contribution in [-0.4, -0.2) is 0 Å². The molecule has 1 aromatic carbocycles. The molecule has 17 heavy (non-hydrogen) atoms. The number of hydrogen-bond donors (Lipinski definition) is 0. The molecule has 0 spiro atoms. The number of rotatable bonds is 3. The second-order valence-electron chi connectivity index (χ2n) is 5.72. The molecular formula is C16H23Cl. The molecule has 2 rings (SSSR count). The zero-order chi connectivity index (χ0) is 12.3. The van der Waals surface area contributed by atoms with Crippen LogP contribution < -0.4 is 0 Å². The van der Waals surface area contributed by atoms with Crippen molar-refractivity contribution in [3.05, 3.63) is 34.9 Å². The van der Waals surface area contributed by atoms with E-state index < -0.39 is 0 Å². The Balaban J connectivity index is 2.18. The maximum atomic E-state index is 5.98. The molecule has 0 radical (unpaired) electrons. The van der Waals surface area contributed by atoms with Crippen LogP contribution in [0.1, 0.15) is 57.4 Å². The molecule has 0 aliphatic heterocycles. The van der Waals surface area contributed by atoms with Crippen molar-refractivity contribution in [3.8, 4) is 0 Å². The SMILES string of the molecule is CC(C)C(c1ccc(Cl)cc1)C1CCCCC1. The lowest BCUT2D eigenvalue weighted by Crippen LogP contribution is -2.20. The fourth-order valence-corrected chi connectivity index (χ4v) is 3.51. The predicted molar refractivity (Wildman–Crippen MR) is 75.6 cm³/mol. The summed E-state index contributed by atoms with van der Waals surface area (Å²) in [7, 11) is 0. The molecule has 94 valence electrons. The third-order valence-electron chi connectivity index (χ3n) is 4.13. The molecule has 1 atom stereocenters. The maximum absolute atomic E-state index is 5.98. The average molecular weight is 251 g/mol. The molecule has 0 N–H and O–H groups in total. The highest BCUT2D eigenvalue weighted by molar-refractivity contribution is 6.30. The van der Waals surface area contributed by atoms with Crippen molar-refractivity contribution in [2.24, 2.45) is 11.8 Å². The summed E-state index contributed by atoms with van der Waals surface area (Å²) in [5, 5.41) is 0.847. The summed E-state index contributed by atoms with van der Waals surface area (Å²) in [6.07, 6.45) is 7.09. The van der Waals surface area contributed by atoms with Crippen molar-refractivity contribution >= 4 is 11.6 Å². The first kappa shape index (κ1) is 13.0. The molecule has 0 amide bonds. The number of hydrogen-bond acceptors (Lipinski definition) is 0. The molecule has 0 bridgehead atoms. The van der Waals surface area contributed by atoms with Gasteiger partial charge in [0.2, 0.25) is 0 Å². The minimum absolute atomic E-state index is 0.715. The third kappa shape index (κ3) is 3.25. The van der Waals surface area contributed by atoms with Crippen LogP contribution in [0.15, 0.2) is 24.3 Å². The molecule has 1 aliphatic rings. The van der Waals surface area contributed by atoms with E-state index in [2.05, 4.69) is 26.0 Å². The van der Waals surface area contributed by atoms with Gasteiger partial charge in [-0.2, -0.15) is 0 Å². The van der Waals surface area contributed by atoms with Crippen molar-refractivity contribution in [1.82, 2.24) is 0 Å². The van der Waals surface area contributed by atoms with Gasteiger partial charge in [0, 0.05) is 5.02 Å². The summed E-state index contributed by atoms with van der Waals surface area (Å²) in [5.41, 5.74) is 1.48. The van der Waals surface area contributed by atoms with E-state index in [9.17, 15) is 0 Å². The lowest BCUT2D eigenvalue weighted by Gasteiger charge is -2.33. The molecule has 1 aliphatic carbocycles. The second-order valence-corrected chi connectivity index (χ2v) is 6.16. The zero-order valence-electron chi connectivity index (χ0n) is 11.0. The van der Waals surface area contributed by atoms with Gasteiger partial charge in [-0.3, -0.25) is 0 Å². The van der Waals surface area contributed by atoms with Gasteiger partial charge in [-0.15, -0.1) is 0 Å². The van der Waals surface area contributed by atoms with Crippen LogP contribution in [0.5, 0.6) is 0 Å². The molecule has 0 saturated heterocycles. The molecule has 1 aromatic rings. The lowest BCUT2D eigenvalue weighted by atomic mass is 9.72. The highest BCUT2D eigenvalue weighted by Crippen LogP contribution is 2.40. The molecule has 1 saturated carbocycles. The van der Waals surface area contributed by atoms with Crippen LogP contribution in [0.4, 0.5) is 0 Å². The summed E-state index contributed by atoms with van der Waals surface area (Å²) < 4.78 is 0. The standard InChI is InChI=1S/C16H23Cl/c1-12(2)16(13-6-4-3-5-7-13)14-8-10-15(17)11-9-14/h8-13,16H,3-7H2,1-2H3. The average Bonchev–Trinajstić information content (AvgIpc) is 2.33. The molecule has 1 unspecified atom stereocenters. The summed E-state index contributed by atoms with van der Waals surface area (Å²) in [4.78, 5) is 0. The monoisotopic (exact) mass is 250 g/mol. The first-order valence-electron chi connectivity index (χ1n) is 6.94. The van der Waals surface area contributed by atoms with E-state index in [1.165, 1.54) is 37.7 Å². The Morgan fingerprint density at radius 3 is 2.12 bits per heavy atom. The fourth-order valence-electron chi connectivity index (χ4n) is 3.38. The highest BCUT2D eigenvalue weighted by atomic mass is 35.5. The number of halogens is 1. The summed E-state index contributed by atoms with van der Waals surface area (Å²) in [5.74, 6) is 2.32. The molecule has 0 heterocycles. The van der Waals surface area contributed by atoms with Crippen LogP contribution in [0.25, 0.3) is 0 Å². The fraction of sp³-hybridized carbons (Fsp3) is 0.625. The largest absolute Gasteiger partial charge is 0.0843 e. The van der Waals surface area contributed by atoms with Gasteiger partial charge in [0.25, 0.3) is 0 Å². The van der Waals surface area contributed by atoms with E-state index in [-0.39, 0.29) is 0 Å². The quantitative estimate of drug-likeness (QED) is 0.649. The van der Waals surface area contributed by atoms with Gasteiger partial charge in [0.15, 0.2) is 0 Å². The highest BCUT2D eigenvalue weighted by Gasteiger charge is 2.27. The van der Waals surface area contributed by atoms with Crippen molar-refractivity contribution in [2.75, 3.05) is 0 Å². The minimum Gasteiger partial charge on any atom is -0.0843 e. The first-order chi connectivity index (χ1) is 8.18. The van der Waals surface area contributed by atoms with Gasteiger partial charge in [-0.25, -0.2) is 0 Å². The van der Waals surface area contributed by atoms with E-state index in [0.717, 1.165) is 16.9 Å². The van der Waals surface area contributed by atoms with E-state index in [4.69, 9.17) is 11.6 Å². The van der Waals surface area contributed by atoms with Gasteiger partial charge in [0.1, 0.15) is 0 Å². The van der Waals surface area contributed by atoms with Gasteiger partial charge in [-0.05, 0) is 48.3 Å². The zero-order valence-corrected chi connectivity index (χ0v) is 11.7. The van der Waals surface area contributed by atoms with E-state index in [0.29, 0.717) is 5.92 Å². The van der Waals surface area contributed by atoms with Crippen molar-refractivity contribution < 1.29 is 0 Å². The van der Waals surface area contributed by atoms with E-state index in [1.54, 1.807) is 0 Å². The van der Waals surface area contributed by atoms with E-state index in [1.807, 2.05) is 12.1 Å². The van der Waals surface area contributed by atoms with Gasteiger partial charge < -0.3 is 0 Å². The topological polar surface area (TPSA) is 0 Å². The van der Waals surface area contributed by atoms with Gasteiger partial charge >= 0.3 is 0 Å². The minimum atomic E-state index is 0.715. The normalized spacial score (nSPS) is 19.5. The van der Waals surface area contributed by atoms with Crippen molar-refractivity contribution in [1.29, 1.82) is 0 Å². The van der Waals surface area contributed by atoms with Crippen molar-refractivity contribution in [2.45, 2.75) is 51.9 Å². The Hall–Kier alpha value is -0.490. The van der Waals surface area contributed by atoms with Crippen LogP contribution >= 0.6 is 11.6 Å². The van der Waals surface area contributed by atoms with Crippen molar-refractivity contribution in [3.63, 3.8) is 0 Å². The Morgan fingerprint density at radius 2 is 1.59 bits per heavy atom. The molecular weight excluding hydrogens is 228 g/mol. The van der Waals surface area contributed by atoms with E-state index >= 15 is 0 Å². The molecule has 0 nitrogen and oxygen atoms in total. The van der Waals surface area contributed by atoms with Crippen LogP contribution in [0.3, 0.4) is 0 Å². The first-order valence-corrected chi connectivity index (χ1v) is 7.31. The Morgan fingerprint density at radius 1 is 1.00 bits per heavy atom. The molecule has 1 fully saturated rings. The number of benzene rings is 1. The molecule has 1 heteroatoms. The lowest BCUT2D eigenvalue weighted by molar-refractivity contribution is 0.260. The summed E-state index contributed by atoms with van der Waals surface area (Å²) >= 11 is 5.98. The van der Waals surface area contributed by atoms with Crippen LogP contribution in [-0.2, 0) is 0 Å². The van der Waals surface area contributed by atoms with Gasteiger partial charge in [0.05, 0.1) is 0 Å². The smallest absolute Gasteiger partial charge is 0.0406 e. The third-order valence-corrected chi connectivity index (χ3v) is 4.38.